The Balaban J connectivity index is 1.87. The summed E-state index contributed by atoms with van der Waals surface area (Å²) < 4.78 is 29.0. The van der Waals surface area contributed by atoms with Crippen LogP contribution in [0.15, 0.2) is 0 Å². The van der Waals surface area contributed by atoms with Gasteiger partial charge in [0.25, 0.3) is 10.2 Å². The molecule has 0 aromatic carbocycles. The van der Waals surface area contributed by atoms with Gasteiger partial charge in [-0.2, -0.15) is 12.7 Å². The Hall–Kier alpha value is -0.170. The van der Waals surface area contributed by atoms with Crippen LogP contribution in [-0.2, 0) is 10.2 Å². The molecule has 0 bridgehead atoms. The van der Waals surface area contributed by atoms with E-state index in [1.165, 1.54) is 0 Å². The molecule has 19 heavy (non-hydrogen) atoms. The van der Waals surface area contributed by atoms with E-state index in [1.807, 2.05) is 0 Å². The Morgan fingerprint density at radius 3 is 2.63 bits per heavy atom. The summed E-state index contributed by atoms with van der Waals surface area (Å²) in [7, 11) is -3.29. The van der Waals surface area contributed by atoms with Gasteiger partial charge in [-0.25, -0.2) is 4.72 Å². The van der Waals surface area contributed by atoms with Gasteiger partial charge in [-0.3, -0.25) is 0 Å². The van der Waals surface area contributed by atoms with Crippen LogP contribution < -0.4 is 10.0 Å². The van der Waals surface area contributed by atoms with E-state index in [4.69, 9.17) is 0 Å². The number of hydrogen-bond donors (Lipinski definition) is 2. The van der Waals surface area contributed by atoms with Crippen LogP contribution in [0.3, 0.4) is 0 Å². The van der Waals surface area contributed by atoms with E-state index in [9.17, 15) is 8.42 Å². The first-order valence-corrected chi connectivity index (χ1v) is 8.81. The van der Waals surface area contributed by atoms with Crippen LogP contribution >= 0.6 is 0 Å². The second-order valence-electron chi connectivity index (χ2n) is 6.50. The summed E-state index contributed by atoms with van der Waals surface area (Å²) in [6.07, 6.45) is 4.15. The number of hydrogen-bond acceptors (Lipinski definition) is 3. The molecule has 2 aliphatic rings. The monoisotopic (exact) mass is 289 g/mol. The summed E-state index contributed by atoms with van der Waals surface area (Å²) in [5, 5.41) is 3.35. The molecule has 0 aromatic heterocycles. The predicted octanol–water partition coefficient (Wildman–Crippen LogP) is 0.942. The van der Waals surface area contributed by atoms with Crippen LogP contribution in [0.1, 0.15) is 39.5 Å². The fourth-order valence-corrected chi connectivity index (χ4v) is 4.26. The third-order valence-electron chi connectivity index (χ3n) is 4.45. The molecule has 2 heterocycles. The van der Waals surface area contributed by atoms with Crippen molar-refractivity contribution in [1.82, 2.24) is 14.3 Å². The van der Waals surface area contributed by atoms with Gasteiger partial charge in [-0.15, -0.1) is 0 Å². The summed E-state index contributed by atoms with van der Waals surface area (Å²) in [5.41, 5.74) is 0.0500. The molecule has 1 atom stereocenters. The van der Waals surface area contributed by atoms with Crippen molar-refractivity contribution in [3.8, 4) is 0 Å². The first kappa shape index (κ1) is 15.2. The first-order valence-electron chi connectivity index (χ1n) is 7.37. The lowest BCUT2D eigenvalue weighted by molar-refractivity contribution is 0.233. The molecule has 0 radical (unpaired) electrons. The summed E-state index contributed by atoms with van der Waals surface area (Å²) in [6, 6.07) is 0. The van der Waals surface area contributed by atoms with Crippen LogP contribution in [-0.4, -0.2) is 45.4 Å². The molecular formula is C13H27N3O2S. The summed E-state index contributed by atoms with van der Waals surface area (Å²) in [5.74, 6) is 0.645. The Morgan fingerprint density at radius 1 is 1.37 bits per heavy atom. The summed E-state index contributed by atoms with van der Waals surface area (Å²) in [6.45, 7) is 8.14. The zero-order chi connectivity index (χ0) is 13.9. The van der Waals surface area contributed by atoms with Crippen LogP contribution in [0.25, 0.3) is 0 Å². The molecule has 2 N–H and O–H groups in total. The smallest absolute Gasteiger partial charge is 0.279 e. The van der Waals surface area contributed by atoms with Crippen molar-refractivity contribution in [1.29, 1.82) is 0 Å². The fraction of sp³-hybridized carbons (Fsp3) is 1.00. The lowest BCUT2D eigenvalue weighted by Gasteiger charge is -2.35. The standard InChI is InChI=1S/C13H27N3O2S/c1-12-4-8-16(9-5-12)19(17,18)15-11-13(2)6-3-7-14-10-13/h12,14-15H,3-11H2,1-2H3. The largest absolute Gasteiger partial charge is 0.316 e. The number of nitrogens with zero attached hydrogens (tertiary/aromatic N) is 1. The topological polar surface area (TPSA) is 61.4 Å². The van der Waals surface area contributed by atoms with Gasteiger partial charge in [0.1, 0.15) is 0 Å². The Bertz CT molecular complexity index is 383. The highest BCUT2D eigenvalue weighted by molar-refractivity contribution is 7.87. The van der Waals surface area contributed by atoms with Gasteiger partial charge in [0.15, 0.2) is 0 Å². The second kappa shape index (κ2) is 6.08. The third-order valence-corrected chi connectivity index (χ3v) is 6.00. The molecule has 0 aromatic rings. The van der Waals surface area contributed by atoms with Crippen molar-refractivity contribution in [3.05, 3.63) is 0 Å². The fourth-order valence-electron chi connectivity index (χ4n) is 2.85. The average Bonchev–Trinajstić information content (AvgIpc) is 2.38. The van der Waals surface area contributed by atoms with Gasteiger partial charge < -0.3 is 5.32 Å². The normalized spacial score (nSPS) is 31.5. The zero-order valence-corrected chi connectivity index (χ0v) is 12.9. The Kier molecular flexibility index (Phi) is 4.87. The molecule has 6 heteroatoms. The maximum absolute atomic E-state index is 12.3. The molecule has 0 aliphatic carbocycles. The number of rotatable bonds is 4. The van der Waals surface area contributed by atoms with Gasteiger partial charge in [-0.05, 0) is 43.6 Å². The molecule has 112 valence electrons. The van der Waals surface area contributed by atoms with Crippen molar-refractivity contribution in [2.75, 3.05) is 32.7 Å². The zero-order valence-electron chi connectivity index (χ0n) is 12.1. The van der Waals surface area contributed by atoms with Gasteiger partial charge in [0.2, 0.25) is 0 Å². The lowest BCUT2D eigenvalue weighted by atomic mass is 9.83. The van der Waals surface area contributed by atoms with E-state index in [1.54, 1.807) is 4.31 Å². The molecule has 2 aliphatic heterocycles. The SMILES string of the molecule is CC1CCN(S(=O)(=O)NCC2(C)CCCNC2)CC1. The highest BCUT2D eigenvalue weighted by atomic mass is 32.2. The van der Waals surface area contributed by atoms with E-state index in [-0.39, 0.29) is 5.41 Å². The van der Waals surface area contributed by atoms with E-state index >= 15 is 0 Å². The van der Waals surface area contributed by atoms with E-state index in [0.29, 0.717) is 25.6 Å². The number of nitrogens with one attached hydrogen (secondary N) is 2. The molecule has 0 amide bonds. The predicted molar refractivity (Wildman–Crippen MR) is 77.1 cm³/mol. The molecule has 2 saturated heterocycles. The van der Waals surface area contributed by atoms with Crippen molar-refractivity contribution in [2.45, 2.75) is 39.5 Å². The Labute approximate surface area is 117 Å². The maximum Gasteiger partial charge on any atom is 0.279 e. The molecule has 0 saturated carbocycles. The molecule has 5 nitrogen and oxygen atoms in total. The minimum Gasteiger partial charge on any atom is -0.316 e. The maximum atomic E-state index is 12.3. The van der Waals surface area contributed by atoms with Crippen LogP contribution in [0, 0.1) is 11.3 Å². The second-order valence-corrected chi connectivity index (χ2v) is 8.25. The van der Waals surface area contributed by atoms with E-state index in [2.05, 4.69) is 23.9 Å². The van der Waals surface area contributed by atoms with Crippen LogP contribution in [0.4, 0.5) is 0 Å². The number of piperidine rings is 2. The van der Waals surface area contributed by atoms with Crippen molar-refractivity contribution in [2.24, 2.45) is 11.3 Å². The quantitative estimate of drug-likeness (QED) is 0.810. The van der Waals surface area contributed by atoms with Gasteiger partial charge >= 0.3 is 0 Å². The molecule has 0 spiro atoms. The van der Waals surface area contributed by atoms with Crippen molar-refractivity contribution < 1.29 is 8.42 Å². The first-order chi connectivity index (χ1) is 8.91. The highest BCUT2D eigenvalue weighted by Crippen LogP contribution is 2.25. The van der Waals surface area contributed by atoms with Crippen molar-refractivity contribution >= 4 is 10.2 Å². The lowest BCUT2D eigenvalue weighted by Crippen LogP contribution is -2.50. The van der Waals surface area contributed by atoms with Gasteiger partial charge in [0.05, 0.1) is 0 Å². The van der Waals surface area contributed by atoms with Crippen LogP contribution in [0.5, 0.6) is 0 Å². The summed E-state index contributed by atoms with van der Waals surface area (Å²) in [4.78, 5) is 0. The Morgan fingerprint density at radius 2 is 2.05 bits per heavy atom. The molecule has 2 fully saturated rings. The molecule has 1 unspecified atom stereocenters. The molecule has 2 rings (SSSR count). The van der Waals surface area contributed by atoms with Crippen molar-refractivity contribution in [3.63, 3.8) is 0 Å². The average molecular weight is 289 g/mol. The van der Waals surface area contributed by atoms with Gasteiger partial charge in [0, 0.05) is 26.2 Å². The summed E-state index contributed by atoms with van der Waals surface area (Å²) >= 11 is 0. The minimum absolute atomic E-state index is 0.0500. The minimum atomic E-state index is -3.29. The van der Waals surface area contributed by atoms with E-state index < -0.39 is 10.2 Å². The third kappa shape index (κ3) is 4.15. The highest BCUT2D eigenvalue weighted by Gasteiger charge is 2.31. The van der Waals surface area contributed by atoms with E-state index in [0.717, 1.165) is 38.8 Å². The van der Waals surface area contributed by atoms with Gasteiger partial charge in [-0.1, -0.05) is 13.8 Å². The molecular weight excluding hydrogens is 262 g/mol. The van der Waals surface area contributed by atoms with Crippen LogP contribution in [0.2, 0.25) is 0 Å².